The van der Waals surface area contributed by atoms with E-state index in [-0.39, 0.29) is 5.91 Å². The predicted octanol–water partition coefficient (Wildman–Crippen LogP) is 2.45. The molecule has 0 heterocycles. The number of carbonyl (C=O) groups is 1. The van der Waals surface area contributed by atoms with Gasteiger partial charge in [0, 0.05) is 15.7 Å². The second-order valence-electron chi connectivity index (χ2n) is 4.10. The highest BCUT2D eigenvalue weighted by molar-refractivity contribution is 7.99. The van der Waals surface area contributed by atoms with Gasteiger partial charge in [0.25, 0.3) is 0 Å². The van der Waals surface area contributed by atoms with E-state index in [4.69, 9.17) is 17.4 Å². The van der Waals surface area contributed by atoms with Gasteiger partial charge in [-0.05, 0) is 24.3 Å². The summed E-state index contributed by atoms with van der Waals surface area (Å²) in [4.78, 5) is 12.5. The van der Waals surface area contributed by atoms with Crippen molar-refractivity contribution in [2.75, 3.05) is 5.75 Å². The monoisotopic (exact) mass is 258 g/mol. The van der Waals surface area contributed by atoms with Crippen molar-refractivity contribution in [1.82, 2.24) is 5.43 Å². The van der Waals surface area contributed by atoms with Crippen LogP contribution in [0.5, 0.6) is 0 Å². The van der Waals surface area contributed by atoms with E-state index in [0.717, 1.165) is 4.90 Å². The number of hydrazine groups is 1. The summed E-state index contributed by atoms with van der Waals surface area (Å²) >= 11 is 7.39. The molecule has 0 radical (unpaired) electrons. The average molecular weight is 259 g/mol. The first-order valence-corrected chi connectivity index (χ1v) is 6.21. The molecule has 0 aliphatic rings. The van der Waals surface area contributed by atoms with Crippen LogP contribution in [0.2, 0.25) is 5.02 Å². The molecule has 0 aliphatic carbocycles. The van der Waals surface area contributed by atoms with Gasteiger partial charge in [-0.25, -0.2) is 5.84 Å². The standard InChI is InChI=1S/C11H15ClN2OS/c1-11(2,10(15)14-13)7-16-9-5-3-8(12)4-6-9/h3-6H,7,13H2,1-2H3,(H,14,15). The van der Waals surface area contributed by atoms with Crippen LogP contribution >= 0.6 is 23.4 Å². The number of nitrogens with one attached hydrogen (secondary N) is 1. The van der Waals surface area contributed by atoms with Crippen LogP contribution in [0.15, 0.2) is 29.2 Å². The van der Waals surface area contributed by atoms with Crippen molar-refractivity contribution in [1.29, 1.82) is 0 Å². The lowest BCUT2D eigenvalue weighted by atomic mass is 9.96. The summed E-state index contributed by atoms with van der Waals surface area (Å²) in [5.41, 5.74) is 1.69. The van der Waals surface area contributed by atoms with Gasteiger partial charge in [0.1, 0.15) is 0 Å². The van der Waals surface area contributed by atoms with Gasteiger partial charge in [0.15, 0.2) is 0 Å². The molecule has 3 nitrogen and oxygen atoms in total. The molecule has 0 saturated carbocycles. The molecular formula is C11H15ClN2OS. The Labute approximate surface area is 105 Å². The van der Waals surface area contributed by atoms with Crippen LogP contribution in [-0.4, -0.2) is 11.7 Å². The minimum atomic E-state index is -0.487. The Kier molecular flexibility index (Phi) is 4.65. The van der Waals surface area contributed by atoms with Gasteiger partial charge < -0.3 is 0 Å². The third-order valence-electron chi connectivity index (χ3n) is 2.16. The Morgan fingerprint density at radius 3 is 2.50 bits per heavy atom. The Morgan fingerprint density at radius 2 is 2.00 bits per heavy atom. The van der Waals surface area contributed by atoms with Crippen molar-refractivity contribution in [2.24, 2.45) is 11.3 Å². The average Bonchev–Trinajstić information content (AvgIpc) is 2.27. The molecule has 16 heavy (non-hydrogen) atoms. The van der Waals surface area contributed by atoms with Crippen molar-refractivity contribution in [2.45, 2.75) is 18.7 Å². The maximum atomic E-state index is 11.4. The fourth-order valence-corrected chi connectivity index (χ4v) is 2.17. The van der Waals surface area contributed by atoms with Gasteiger partial charge in [0.2, 0.25) is 5.91 Å². The van der Waals surface area contributed by atoms with Crippen LogP contribution in [-0.2, 0) is 4.79 Å². The fraction of sp³-hybridized carbons (Fsp3) is 0.364. The van der Waals surface area contributed by atoms with Gasteiger partial charge in [-0.2, -0.15) is 0 Å². The van der Waals surface area contributed by atoms with E-state index in [2.05, 4.69) is 5.43 Å². The third-order valence-corrected chi connectivity index (χ3v) is 3.88. The minimum Gasteiger partial charge on any atom is -0.294 e. The van der Waals surface area contributed by atoms with Gasteiger partial charge in [-0.15, -0.1) is 11.8 Å². The van der Waals surface area contributed by atoms with Crippen LogP contribution < -0.4 is 11.3 Å². The quantitative estimate of drug-likeness (QED) is 0.378. The summed E-state index contributed by atoms with van der Waals surface area (Å²) in [5.74, 6) is 5.63. The zero-order valence-corrected chi connectivity index (χ0v) is 10.9. The smallest absolute Gasteiger partial charge is 0.240 e. The highest BCUT2D eigenvalue weighted by Gasteiger charge is 2.26. The van der Waals surface area contributed by atoms with Crippen molar-refractivity contribution in [3.05, 3.63) is 29.3 Å². The van der Waals surface area contributed by atoms with E-state index < -0.39 is 5.41 Å². The first-order chi connectivity index (χ1) is 7.45. The van der Waals surface area contributed by atoms with Gasteiger partial charge in [-0.3, -0.25) is 10.2 Å². The number of hydrogen-bond donors (Lipinski definition) is 2. The summed E-state index contributed by atoms with van der Waals surface area (Å²) in [6.07, 6.45) is 0. The summed E-state index contributed by atoms with van der Waals surface area (Å²) in [5, 5.41) is 0.711. The maximum Gasteiger partial charge on any atom is 0.240 e. The first kappa shape index (κ1) is 13.4. The number of thioether (sulfide) groups is 1. The van der Waals surface area contributed by atoms with E-state index in [9.17, 15) is 4.79 Å². The summed E-state index contributed by atoms with van der Waals surface area (Å²) in [6, 6.07) is 7.53. The number of benzene rings is 1. The molecule has 5 heteroatoms. The molecule has 0 bridgehead atoms. The van der Waals surface area contributed by atoms with Gasteiger partial charge >= 0.3 is 0 Å². The zero-order chi connectivity index (χ0) is 12.2. The molecule has 1 amide bonds. The van der Waals surface area contributed by atoms with Crippen molar-refractivity contribution >= 4 is 29.3 Å². The second-order valence-corrected chi connectivity index (χ2v) is 5.59. The second kappa shape index (κ2) is 5.57. The number of rotatable bonds is 4. The van der Waals surface area contributed by atoms with E-state index >= 15 is 0 Å². The van der Waals surface area contributed by atoms with E-state index in [1.165, 1.54) is 0 Å². The van der Waals surface area contributed by atoms with Crippen molar-refractivity contribution in [3.8, 4) is 0 Å². The molecule has 0 aliphatic heterocycles. The van der Waals surface area contributed by atoms with Crippen LogP contribution in [0.3, 0.4) is 0 Å². The highest BCUT2D eigenvalue weighted by Crippen LogP contribution is 2.28. The van der Waals surface area contributed by atoms with E-state index in [0.29, 0.717) is 10.8 Å². The van der Waals surface area contributed by atoms with Gasteiger partial charge in [0.05, 0.1) is 5.41 Å². The number of carbonyl (C=O) groups excluding carboxylic acids is 1. The Balaban J connectivity index is 2.57. The Bertz CT molecular complexity index is 365. The number of amides is 1. The Morgan fingerprint density at radius 1 is 1.44 bits per heavy atom. The molecule has 0 aromatic heterocycles. The zero-order valence-electron chi connectivity index (χ0n) is 9.29. The normalized spacial score (nSPS) is 11.2. The minimum absolute atomic E-state index is 0.158. The highest BCUT2D eigenvalue weighted by atomic mass is 35.5. The molecule has 0 saturated heterocycles. The molecule has 1 aromatic carbocycles. The third kappa shape index (κ3) is 3.70. The predicted molar refractivity (Wildman–Crippen MR) is 68.3 cm³/mol. The molecule has 88 valence electrons. The molecule has 0 unspecified atom stereocenters. The lowest BCUT2D eigenvalue weighted by Crippen LogP contribution is -2.42. The number of nitrogens with two attached hydrogens (primary N) is 1. The lowest BCUT2D eigenvalue weighted by Gasteiger charge is -2.21. The largest absolute Gasteiger partial charge is 0.294 e. The van der Waals surface area contributed by atoms with E-state index in [1.54, 1.807) is 11.8 Å². The molecule has 1 aromatic rings. The lowest BCUT2D eigenvalue weighted by molar-refractivity contribution is -0.128. The topological polar surface area (TPSA) is 55.1 Å². The molecular weight excluding hydrogens is 244 g/mol. The van der Waals surface area contributed by atoms with Gasteiger partial charge in [-0.1, -0.05) is 25.4 Å². The summed E-state index contributed by atoms with van der Waals surface area (Å²) < 4.78 is 0. The molecule has 3 N–H and O–H groups in total. The number of halogens is 1. The van der Waals surface area contributed by atoms with Crippen LogP contribution in [0, 0.1) is 5.41 Å². The summed E-state index contributed by atoms with van der Waals surface area (Å²) in [6.45, 7) is 3.72. The summed E-state index contributed by atoms with van der Waals surface area (Å²) in [7, 11) is 0. The first-order valence-electron chi connectivity index (χ1n) is 4.85. The van der Waals surface area contributed by atoms with E-state index in [1.807, 2.05) is 38.1 Å². The maximum absolute atomic E-state index is 11.4. The molecule has 0 fully saturated rings. The van der Waals surface area contributed by atoms with Crippen LogP contribution in [0.4, 0.5) is 0 Å². The van der Waals surface area contributed by atoms with Crippen molar-refractivity contribution < 1.29 is 4.79 Å². The van der Waals surface area contributed by atoms with Crippen LogP contribution in [0.25, 0.3) is 0 Å². The fourth-order valence-electron chi connectivity index (χ4n) is 1.06. The SMILES string of the molecule is CC(C)(CSc1ccc(Cl)cc1)C(=O)NN. The molecule has 1 rings (SSSR count). The molecule has 0 atom stereocenters. The molecule has 0 spiro atoms. The Hall–Kier alpha value is -0.710. The van der Waals surface area contributed by atoms with Crippen LogP contribution in [0.1, 0.15) is 13.8 Å². The van der Waals surface area contributed by atoms with Crippen molar-refractivity contribution in [3.63, 3.8) is 0 Å². The number of hydrogen-bond acceptors (Lipinski definition) is 3.